The summed E-state index contributed by atoms with van der Waals surface area (Å²) in [6.07, 6.45) is 7.55. The van der Waals surface area contributed by atoms with Gasteiger partial charge >= 0.3 is 0 Å². The normalized spacial score (nSPS) is 20.5. The number of nitrogens with zero attached hydrogens (tertiary/aromatic N) is 5. The van der Waals surface area contributed by atoms with Gasteiger partial charge in [0.25, 0.3) is 5.91 Å². The second-order valence-electron chi connectivity index (χ2n) is 10.1. The van der Waals surface area contributed by atoms with E-state index < -0.39 is 0 Å². The standard InChI is InChI=1S/C27H39N5O3/c1-29-14-6-5-10-24(29)27(34)32-16-11-21(12-17-32)25(19-20-8-7-9-22(18-20)35-4)31(3)26(33)23-13-15-30(2)28-23/h7-9,13,15,18,21,24-25H,5-6,10-12,14,16-17,19H2,1-4H3/t24-,25-/m1/s1. The van der Waals surface area contributed by atoms with Crippen molar-refractivity contribution in [2.45, 2.75) is 50.6 Å². The molecule has 2 amide bonds. The Balaban J connectivity index is 1.48. The molecule has 0 saturated carbocycles. The quantitative estimate of drug-likeness (QED) is 0.608. The molecule has 2 aromatic rings. The van der Waals surface area contributed by atoms with Crippen LogP contribution in [0.15, 0.2) is 36.5 Å². The first-order chi connectivity index (χ1) is 16.9. The number of carbonyl (C=O) groups excluding carboxylic acids is 2. The van der Waals surface area contributed by atoms with Gasteiger partial charge in [0.1, 0.15) is 11.4 Å². The molecule has 2 aliphatic heterocycles. The van der Waals surface area contributed by atoms with Gasteiger partial charge in [-0.15, -0.1) is 0 Å². The van der Waals surface area contributed by atoms with Crippen molar-refractivity contribution in [1.82, 2.24) is 24.5 Å². The van der Waals surface area contributed by atoms with Gasteiger partial charge in [-0.05, 0) is 75.4 Å². The lowest BCUT2D eigenvalue weighted by Crippen LogP contribution is -2.53. The second-order valence-corrected chi connectivity index (χ2v) is 10.1. The number of hydrogen-bond donors (Lipinski definition) is 0. The maximum absolute atomic E-state index is 13.3. The third kappa shape index (κ3) is 5.86. The number of aromatic nitrogens is 2. The fraction of sp³-hybridized carbons (Fsp3) is 0.593. The first-order valence-corrected chi connectivity index (χ1v) is 12.8. The Labute approximate surface area is 208 Å². The summed E-state index contributed by atoms with van der Waals surface area (Å²) in [4.78, 5) is 32.7. The molecule has 8 nitrogen and oxygen atoms in total. The maximum atomic E-state index is 13.3. The molecule has 2 atom stereocenters. The van der Waals surface area contributed by atoms with Crippen LogP contribution < -0.4 is 4.74 Å². The molecule has 0 radical (unpaired) electrons. The fourth-order valence-corrected chi connectivity index (χ4v) is 5.62. The van der Waals surface area contributed by atoms with E-state index in [2.05, 4.69) is 23.1 Å². The highest BCUT2D eigenvalue weighted by Crippen LogP contribution is 2.29. The van der Waals surface area contributed by atoms with E-state index in [0.717, 1.165) is 63.1 Å². The van der Waals surface area contributed by atoms with Crippen molar-refractivity contribution in [3.8, 4) is 5.75 Å². The van der Waals surface area contributed by atoms with Crippen LogP contribution in [0, 0.1) is 5.92 Å². The number of rotatable bonds is 7. The lowest BCUT2D eigenvalue weighted by atomic mass is 9.84. The number of carbonyl (C=O) groups is 2. The van der Waals surface area contributed by atoms with Crippen molar-refractivity contribution < 1.29 is 14.3 Å². The maximum Gasteiger partial charge on any atom is 0.274 e. The molecule has 1 aromatic heterocycles. The van der Waals surface area contributed by atoms with Crippen molar-refractivity contribution in [3.05, 3.63) is 47.8 Å². The first kappa shape index (κ1) is 25.2. The first-order valence-electron chi connectivity index (χ1n) is 12.8. The number of ether oxygens (including phenoxy) is 1. The molecule has 4 rings (SSSR count). The van der Waals surface area contributed by atoms with Crippen molar-refractivity contribution in [2.75, 3.05) is 40.8 Å². The van der Waals surface area contributed by atoms with E-state index in [1.54, 1.807) is 24.1 Å². The summed E-state index contributed by atoms with van der Waals surface area (Å²) in [5.74, 6) is 1.32. The molecule has 2 fully saturated rings. The fourth-order valence-electron chi connectivity index (χ4n) is 5.62. The molecule has 0 aliphatic carbocycles. The summed E-state index contributed by atoms with van der Waals surface area (Å²) in [5, 5.41) is 4.34. The molecule has 2 saturated heterocycles. The zero-order valence-electron chi connectivity index (χ0n) is 21.5. The largest absolute Gasteiger partial charge is 0.497 e. The topological polar surface area (TPSA) is 70.9 Å². The summed E-state index contributed by atoms with van der Waals surface area (Å²) in [6, 6.07) is 9.85. The Hall–Kier alpha value is -2.87. The van der Waals surface area contributed by atoms with Gasteiger partial charge in [-0.25, -0.2) is 0 Å². The average molecular weight is 482 g/mol. The molecule has 0 bridgehead atoms. The summed E-state index contributed by atoms with van der Waals surface area (Å²) >= 11 is 0. The molecule has 35 heavy (non-hydrogen) atoms. The highest BCUT2D eigenvalue weighted by molar-refractivity contribution is 5.92. The Morgan fingerprint density at radius 1 is 1.11 bits per heavy atom. The number of hydrogen-bond acceptors (Lipinski definition) is 5. The van der Waals surface area contributed by atoms with Crippen LogP contribution in [0.4, 0.5) is 0 Å². The summed E-state index contributed by atoms with van der Waals surface area (Å²) in [5.41, 5.74) is 1.59. The molecule has 190 valence electrons. The zero-order chi connectivity index (χ0) is 24.9. The van der Waals surface area contributed by atoms with Gasteiger partial charge in [-0.3, -0.25) is 19.2 Å². The van der Waals surface area contributed by atoms with Crippen LogP contribution >= 0.6 is 0 Å². The number of aryl methyl sites for hydroxylation is 1. The molecular formula is C27H39N5O3. The minimum Gasteiger partial charge on any atom is -0.497 e. The number of likely N-dealkylation sites (N-methyl/N-ethyl adjacent to an activating group) is 2. The number of benzene rings is 1. The third-order valence-electron chi connectivity index (χ3n) is 7.78. The number of piperidine rings is 2. The van der Waals surface area contributed by atoms with Crippen molar-refractivity contribution in [3.63, 3.8) is 0 Å². The molecular weight excluding hydrogens is 442 g/mol. The van der Waals surface area contributed by atoms with E-state index in [0.29, 0.717) is 11.6 Å². The predicted octanol–water partition coefficient (Wildman–Crippen LogP) is 2.83. The van der Waals surface area contributed by atoms with Crippen LogP contribution in [0.2, 0.25) is 0 Å². The van der Waals surface area contributed by atoms with Crippen molar-refractivity contribution in [2.24, 2.45) is 13.0 Å². The molecule has 0 unspecified atom stereocenters. The van der Waals surface area contributed by atoms with Crippen LogP contribution in [-0.4, -0.2) is 89.2 Å². The van der Waals surface area contributed by atoms with E-state index in [1.165, 1.54) is 6.42 Å². The summed E-state index contributed by atoms with van der Waals surface area (Å²) < 4.78 is 7.08. The van der Waals surface area contributed by atoms with Gasteiger partial charge in [-0.1, -0.05) is 18.6 Å². The minimum atomic E-state index is -0.0687. The van der Waals surface area contributed by atoms with Crippen LogP contribution in [0.3, 0.4) is 0 Å². The third-order valence-corrected chi connectivity index (χ3v) is 7.78. The van der Waals surface area contributed by atoms with Gasteiger partial charge in [0.2, 0.25) is 5.91 Å². The lowest BCUT2D eigenvalue weighted by Gasteiger charge is -2.42. The van der Waals surface area contributed by atoms with Crippen LogP contribution in [0.25, 0.3) is 0 Å². The average Bonchev–Trinajstić information content (AvgIpc) is 3.32. The van der Waals surface area contributed by atoms with Gasteiger partial charge in [0.05, 0.1) is 13.2 Å². The summed E-state index contributed by atoms with van der Waals surface area (Å²) in [6.45, 7) is 2.48. The highest BCUT2D eigenvalue weighted by atomic mass is 16.5. The van der Waals surface area contributed by atoms with Crippen molar-refractivity contribution in [1.29, 1.82) is 0 Å². The van der Waals surface area contributed by atoms with Crippen LogP contribution in [0.5, 0.6) is 5.75 Å². The molecule has 8 heteroatoms. The Kier molecular flexibility index (Phi) is 8.11. The molecule has 2 aliphatic rings. The van der Waals surface area contributed by atoms with E-state index in [4.69, 9.17) is 4.74 Å². The van der Waals surface area contributed by atoms with E-state index >= 15 is 0 Å². The van der Waals surface area contributed by atoms with Crippen molar-refractivity contribution >= 4 is 11.8 Å². The number of methoxy groups -OCH3 is 1. The van der Waals surface area contributed by atoms with E-state index in [-0.39, 0.29) is 23.9 Å². The second kappa shape index (κ2) is 11.2. The van der Waals surface area contributed by atoms with Gasteiger partial charge < -0.3 is 14.5 Å². The predicted molar refractivity (Wildman–Crippen MR) is 135 cm³/mol. The van der Waals surface area contributed by atoms with Gasteiger partial charge in [-0.2, -0.15) is 5.10 Å². The molecule has 0 N–H and O–H groups in total. The van der Waals surface area contributed by atoms with E-state index in [1.807, 2.05) is 42.1 Å². The number of likely N-dealkylation sites (tertiary alicyclic amines) is 2. The number of amides is 2. The molecule has 3 heterocycles. The highest BCUT2D eigenvalue weighted by Gasteiger charge is 2.36. The van der Waals surface area contributed by atoms with Gasteiger partial charge in [0, 0.05) is 39.4 Å². The monoisotopic (exact) mass is 481 g/mol. The smallest absolute Gasteiger partial charge is 0.274 e. The van der Waals surface area contributed by atoms with Gasteiger partial charge in [0.15, 0.2) is 0 Å². The molecule has 1 aromatic carbocycles. The summed E-state index contributed by atoms with van der Waals surface area (Å²) in [7, 11) is 7.44. The lowest BCUT2D eigenvalue weighted by molar-refractivity contribution is -0.139. The Morgan fingerprint density at radius 3 is 2.54 bits per heavy atom. The van der Waals surface area contributed by atoms with Crippen LogP contribution in [0.1, 0.15) is 48.2 Å². The zero-order valence-corrected chi connectivity index (χ0v) is 21.5. The van der Waals surface area contributed by atoms with Crippen LogP contribution in [-0.2, 0) is 18.3 Å². The Bertz CT molecular complexity index is 1010. The molecule has 0 spiro atoms. The Morgan fingerprint density at radius 2 is 1.89 bits per heavy atom. The minimum absolute atomic E-state index is 0.00576. The SMILES string of the molecule is COc1cccc(C[C@H](C2CCN(C(=O)[C@H]3CCCCN3C)CC2)N(C)C(=O)c2ccn(C)n2)c1. The van der Waals surface area contributed by atoms with E-state index in [9.17, 15) is 9.59 Å².